The number of ether oxygens (including phenoxy) is 3. The Hall–Kier alpha value is -4.07. The molecule has 0 aliphatic carbocycles. The summed E-state index contributed by atoms with van der Waals surface area (Å²) in [5.41, 5.74) is 3.77. The lowest BCUT2D eigenvalue weighted by molar-refractivity contribution is -0.123. The van der Waals surface area contributed by atoms with Crippen molar-refractivity contribution in [2.45, 2.75) is 26.8 Å². The van der Waals surface area contributed by atoms with Crippen molar-refractivity contribution in [2.24, 2.45) is 11.0 Å². The van der Waals surface area contributed by atoms with E-state index in [1.807, 2.05) is 57.2 Å². The molecule has 0 saturated carbocycles. The van der Waals surface area contributed by atoms with E-state index < -0.39 is 11.9 Å². The number of nitrogens with zero attached hydrogens (tertiary/aromatic N) is 1. The van der Waals surface area contributed by atoms with Crippen LogP contribution in [0.2, 0.25) is 0 Å². The van der Waals surface area contributed by atoms with E-state index in [0.717, 1.165) is 22.1 Å². The zero-order chi connectivity index (χ0) is 24.1. The summed E-state index contributed by atoms with van der Waals surface area (Å²) >= 11 is 0. The first kappa shape index (κ1) is 23.1. The fraction of sp³-hybridized carbons (Fsp3) is 0.269. The Morgan fingerprint density at radius 2 is 1.82 bits per heavy atom. The zero-order valence-corrected chi connectivity index (χ0v) is 19.3. The Morgan fingerprint density at radius 1 is 1.06 bits per heavy atom. The maximum absolute atomic E-state index is 12.8. The molecular formula is C26H27N3O5. The van der Waals surface area contributed by atoms with E-state index >= 15 is 0 Å². The first-order valence-corrected chi connectivity index (χ1v) is 11.2. The van der Waals surface area contributed by atoms with Gasteiger partial charge in [-0.15, -0.1) is 0 Å². The third-order valence-corrected chi connectivity index (χ3v) is 5.47. The number of hydrogen-bond donors (Lipinski definition) is 2. The smallest absolute Gasteiger partial charge is 0.262 e. The van der Waals surface area contributed by atoms with Gasteiger partial charge in [0.05, 0.1) is 12.8 Å². The first-order valence-electron chi connectivity index (χ1n) is 11.2. The van der Waals surface area contributed by atoms with Gasteiger partial charge >= 0.3 is 0 Å². The highest BCUT2D eigenvalue weighted by atomic mass is 16.7. The number of nitrogens with one attached hydrogen (secondary N) is 2. The molecule has 4 rings (SSSR count). The maximum Gasteiger partial charge on any atom is 0.262 e. The largest absolute Gasteiger partial charge is 0.493 e. The van der Waals surface area contributed by atoms with Gasteiger partial charge in [0.1, 0.15) is 11.8 Å². The minimum atomic E-state index is -0.771. The summed E-state index contributed by atoms with van der Waals surface area (Å²) in [5, 5.41) is 8.86. The van der Waals surface area contributed by atoms with Gasteiger partial charge in [-0.1, -0.05) is 38.1 Å². The van der Waals surface area contributed by atoms with Crippen LogP contribution in [-0.4, -0.2) is 37.5 Å². The number of amides is 2. The van der Waals surface area contributed by atoms with Gasteiger partial charge in [-0.25, -0.2) is 5.43 Å². The van der Waals surface area contributed by atoms with Gasteiger partial charge in [-0.2, -0.15) is 5.10 Å². The van der Waals surface area contributed by atoms with Crippen molar-refractivity contribution < 1.29 is 23.8 Å². The van der Waals surface area contributed by atoms with Gasteiger partial charge in [0.15, 0.2) is 11.5 Å². The van der Waals surface area contributed by atoms with Gasteiger partial charge in [0, 0.05) is 16.5 Å². The van der Waals surface area contributed by atoms with E-state index in [9.17, 15) is 9.59 Å². The molecule has 2 N–H and O–H groups in total. The molecule has 0 radical (unpaired) electrons. The van der Waals surface area contributed by atoms with E-state index in [2.05, 4.69) is 15.8 Å². The monoisotopic (exact) mass is 461 g/mol. The van der Waals surface area contributed by atoms with E-state index in [-0.39, 0.29) is 18.6 Å². The van der Waals surface area contributed by atoms with Crippen LogP contribution in [0.3, 0.4) is 0 Å². The van der Waals surface area contributed by atoms with E-state index in [1.54, 1.807) is 24.4 Å². The number of fused-ring (bicyclic) bond motifs is 2. The summed E-state index contributed by atoms with van der Waals surface area (Å²) in [6.07, 6.45) is 1.59. The van der Waals surface area contributed by atoms with Crippen molar-refractivity contribution in [2.75, 3.05) is 13.4 Å². The third-order valence-electron chi connectivity index (χ3n) is 5.47. The molecule has 8 nitrogen and oxygen atoms in total. The lowest BCUT2D eigenvalue weighted by Gasteiger charge is -2.20. The Kier molecular flexibility index (Phi) is 6.96. The van der Waals surface area contributed by atoms with Gasteiger partial charge in [0.25, 0.3) is 11.8 Å². The van der Waals surface area contributed by atoms with E-state index in [4.69, 9.17) is 14.2 Å². The predicted octanol–water partition coefficient (Wildman–Crippen LogP) is 3.87. The molecule has 0 saturated heterocycles. The van der Waals surface area contributed by atoms with Crippen LogP contribution in [0.25, 0.3) is 10.8 Å². The van der Waals surface area contributed by atoms with Crippen molar-refractivity contribution in [1.82, 2.24) is 10.7 Å². The number of carbonyl (C=O) groups excluding carboxylic acids is 2. The van der Waals surface area contributed by atoms with Crippen LogP contribution < -0.4 is 25.0 Å². The molecule has 1 unspecified atom stereocenters. The summed E-state index contributed by atoms with van der Waals surface area (Å²) in [7, 11) is 0. The van der Waals surface area contributed by atoms with Crippen molar-refractivity contribution in [3.8, 4) is 17.2 Å². The molecule has 1 aliphatic heterocycles. The molecule has 3 aromatic carbocycles. The molecule has 1 aliphatic rings. The van der Waals surface area contributed by atoms with Crippen molar-refractivity contribution in [1.29, 1.82) is 0 Å². The normalized spacial score (nSPS) is 13.3. The molecule has 0 bridgehead atoms. The molecule has 176 valence electrons. The van der Waals surface area contributed by atoms with Crippen molar-refractivity contribution in [3.05, 3.63) is 65.7 Å². The van der Waals surface area contributed by atoms with Gasteiger partial charge in [-0.05, 0) is 48.6 Å². The number of hydrazone groups is 1. The van der Waals surface area contributed by atoms with Crippen LogP contribution in [0.4, 0.5) is 0 Å². The second-order valence-electron chi connectivity index (χ2n) is 8.13. The van der Waals surface area contributed by atoms with Gasteiger partial charge in [-0.3, -0.25) is 9.59 Å². The Labute approximate surface area is 197 Å². The molecule has 0 aromatic heterocycles. The second kappa shape index (κ2) is 10.2. The Balaban J connectivity index is 1.45. The molecule has 34 heavy (non-hydrogen) atoms. The number of hydrogen-bond acceptors (Lipinski definition) is 6. The summed E-state index contributed by atoms with van der Waals surface area (Å²) in [6, 6.07) is 15.8. The van der Waals surface area contributed by atoms with Crippen LogP contribution in [0.1, 0.15) is 36.7 Å². The molecule has 3 aromatic rings. The van der Waals surface area contributed by atoms with Crippen LogP contribution in [-0.2, 0) is 4.79 Å². The molecular weight excluding hydrogens is 434 g/mol. The Morgan fingerprint density at radius 3 is 2.59 bits per heavy atom. The SMILES string of the molecule is CCOc1ccc(/C=N/NC(=O)C(NC(=O)c2ccc3c(c2)OCO3)C(C)C)c2ccccc12. The zero-order valence-electron chi connectivity index (χ0n) is 19.3. The highest BCUT2D eigenvalue weighted by molar-refractivity contribution is 6.03. The second-order valence-corrected chi connectivity index (χ2v) is 8.13. The van der Waals surface area contributed by atoms with Crippen LogP contribution >= 0.6 is 0 Å². The molecule has 0 spiro atoms. The highest BCUT2D eigenvalue weighted by Gasteiger charge is 2.25. The topological polar surface area (TPSA) is 98.2 Å². The molecule has 1 heterocycles. The molecule has 8 heteroatoms. The van der Waals surface area contributed by atoms with Crippen LogP contribution in [0, 0.1) is 5.92 Å². The number of carbonyl (C=O) groups is 2. The minimum absolute atomic E-state index is 0.124. The number of benzene rings is 3. The summed E-state index contributed by atoms with van der Waals surface area (Å²) in [4.78, 5) is 25.6. The Bertz CT molecular complexity index is 1240. The molecule has 2 amide bonds. The fourth-order valence-corrected chi connectivity index (χ4v) is 3.72. The van der Waals surface area contributed by atoms with Crippen LogP contribution in [0.15, 0.2) is 59.7 Å². The quantitative estimate of drug-likeness (QED) is 0.392. The van der Waals surface area contributed by atoms with Gasteiger partial charge < -0.3 is 19.5 Å². The average Bonchev–Trinajstić information content (AvgIpc) is 3.31. The average molecular weight is 462 g/mol. The number of rotatable bonds is 8. The van der Waals surface area contributed by atoms with Crippen molar-refractivity contribution >= 4 is 28.8 Å². The highest BCUT2D eigenvalue weighted by Crippen LogP contribution is 2.32. The van der Waals surface area contributed by atoms with Crippen molar-refractivity contribution in [3.63, 3.8) is 0 Å². The fourth-order valence-electron chi connectivity index (χ4n) is 3.72. The third kappa shape index (κ3) is 4.96. The minimum Gasteiger partial charge on any atom is -0.493 e. The molecule has 0 fully saturated rings. The maximum atomic E-state index is 12.8. The lowest BCUT2D eigenvalue weighted by atomic mass is 10.0. The summed E-state index contributed by atoms with van der Waals surface area (Å²) in [6.45, 7) is 6.35. The summed E-state index contributed by atoms with van der Waals surface area (Å²) in [5.74, 6) is 0.949. The standard InChI is InChI=1S/C26H27N3O5/c1-4-32-21-11-10-18(19-7-5-6-8-20(19)21)14-27-29-26(31)24(16(2)3)28-25(30)17-9-12-22-23(13-17)34-15-33-22/h5-14,16,24H,4,15H2,1-3H3,(H,28,30)(H,29,31)/b27-14+. The van der Waals surface area contributed by atoms with Gasteiger partial charge in [0.2, 0.25) is 6.79 Å². The predicted molar refractivity (Wildman–Crippen MR) is 130 cm³/mol. The first-order chi connectivity index (χ1) is 16.5. The summed E-state index contributed by atoms with van der Waals surface area (Å²) < 4.78 is 16.3. The van der Waals surface area contributed by atoms with Crippen LogP contribution in [0.5, 0.6) is 17.2 Å². The molecule has 1 atom stereocenters. The van der Waals surface area contributed by atoms with E-state index in [1.165, 1.54) is 0 Å². The lowest BCUT2D eigenvalue weighted by Crippen LogP contribution is -2.48. The van der Waals surface area contributed by atoms with E-state index in [0.29, 0.717) is 23.7 Å².